The predicted octanol–water partition coefficient (Wildman–Crippen LogP) is 7.98. The van der Waals surface area contributed by atoms with Crippen molar-refractivity contribution < 1.29 is 34.1 Å². The van der Waals surface area contributed by atoms with Gasteiger partial charge < -0.3 is 14.7 Å². The Morgan fingerprint density at radius 2 is 1.43 bits per heavy atom. The molecule has 1 aliphatic heterocycles. The zero-order chi connectivity index (χ0) is 33.9. The smallest absolute Gasteiger partial charge is 0.318 e. The SMILES string of the molecule is CC1(C)CC(=O)C2=C(C1)N(CCC(=O)O)C1=C(C(=O)CC(C)(C)C1)C2c1cc(Br)c(Oc2ccc([N+](=O)[O-])cc2[N+](=O)[O-])c(Br)c1. The number of carboxylic acid groups (broad SMARTS) is 1. The van der Waals surface area contributed by atoms with E-state index in [1.807, 2.05) is 32.6 Å². The standard InChI is InChI=1S/C32H31Br2N3O9/c1-31(2)12-21-28(23(38)14-31)27(29-22(35(21)8-7-26(40)41)13-32(3,4)15-24(29)39)16-9-18(33)30(19(34)10-16)46-25-6-5-17(36(42)43)11-20(25)37(44)45/h5-6,9-11,27H,7-8,12-15H2,1-4H3,(H,40,41). The number of carbonyl (C=O) groups excluding carboxylic acids is 2. The Morgan fingerprint density at radius 1 is 0.913 bits per heavy atom. The molecule has 0 saturated heterocycles. The molecule has 0 unspecified atom stereocenters. The summed E-state index contributed by atoms with van der Waals surface area (Å²) in [4.78, 5) is 63.0. The van der Waals surface area contributed by atoms with Gasteiger partial charge in [0.15, 0.2) is 17.3 Å². The van der Waals surface area contributed by atoms with E-state index in [4.69, 9.17) is 4.74 Å². The second-order valence-corrected chi connectivity index (χ2v) is 15.1. The van der Waals surface area contributed by atoms with Gasteiger partial charge in [0.1, 0.15) is 0 Å². The Balaban J connectivity index is 1.67. The van der Waals surface area contributed by atoms with Crippen molar-refractivity contribution >= 4 is 60.8 Å². The number of halogens is 2. The third-order valence-electron chi connectivity index (χ3n) is 8.49. The molecule has 242 valence electrons. The van der Waals surface area contributed by atoms with Gasteiger partial charge in [-0.2, -0.15) is 0 Å². The molecule has 14 heteroatoms. The number of Topliss-reactive ketones (excluding diaryl/α,β-unsaturated/α-hetero) is 2. The minimum absolute atomic E-state index is 0.116. The molecule has 12 nitrogen and oxygen atoms in total. The number of ether oxygens (including phenoxy) is 1. The lowest BCUT2D eigenvalue weighted by atomic mass is 9.63. The van der Waals surface area contributed by atoms with Crippen LogP contribution in [0.15, 0.2) is 61.8 Å². The normalized spacial score (nSPS) is 19.1. The zero-order valence-corrected chi connectivity index (χ0v) is 28.7. The number of non-ortho nitro benzene ring substituents is 1. The van der Waals surface area contributed by atoms with Gasteiger partial charge >= 0.3 is 11.7 Å². The number of nitro groups is 2. The fourth-order valence-electron chi connectivity index (χ4n) is 6.66. The summed E-state index contributed by atoms with van der Waals surface area (Å²) < 4.78 is 6.62. The quantitative estimate of drug-likeness (QED) is 0.206. The van der Waals surface area contributed by atoms with E-state index in [9.17, 15) is 39.7 Å². The molecule has 2 aromatic carbocycles. The Hall–Kier alpha value is -3.91. The number of carbonyl (C=O) groups is 3. The maximum Gasteiger partial charge on any atom is 0.318 e. The van der Waals surface area contributed by atoms with E-state index in [1.54, 1.807) is 12.1 Å². The van der Waals surface area contributed by atoms with Crippen molar-refractivity contribution in [1.82, 2.24) is 4.90 Å². The molecule has 0 spiro atoms. The number of hydrogen-bond donors (Lipinski definition) is 1. The summed E-state index contributed by atoms with van der Waals surface area (Å²) in [6.07, 6.45) is 1.38. The molecule has 0 atom stereocenters. The van der Waals surface area contributed by atoms with E-state index < -0.39 is 33.1 Å². The van der Waals surface area contributed by atoms with Gasteiger partial charge in [0, 0.05) is 53.9 Å². The zero-order valence-electron chi connectivity index (χ0n) is 25.5. The first kappa shape index (κ1) is 33.5. The molecule has 0 bridgehead atoms. The molecular weight excluding hydrogens is 730 g/mol. The summed E-state index contributed by atoms with van der Waals surface area (Å²) in [5.74, 6) is -2.01. The Kier molecular flexibility index (Phi) is 8.75. The van der Waals surface area contributed by atoms with Gasteiger partial charge in [-0.15, -0.1) is 0 Å². The lowest BCUT2D eigenvalue weighted by Crippen LogP contribution is -2.45. The van der Waals surface area contributed by atoms with Crippen LogP contribution in [0.25, 0.3) is 0 Å². The van der Waals surface area contributed by atoms with Crippen molar-refractivity contribution in [3.63, 3.8) is 0 Å². The highest BCUT2D eigenvalue weighted by Crippen LogP contribution is 2.55. The topological polar surface area (TPSA) is 170 Å². The van der Waals surface area contributed by atoms with Crippen molar-refractivity contribution in [2.24, 2.45) is 10.8 Å². The van der Waals surface area contributed by atoms with E-state index in [0.29, 0.717) is 38.5 Å². The van der Waals surface area contributed by atoms with Crippen LogP contribution in [0.4, 0.5) is 11.4 Å². The summed E-state index contributed by atoms with van der Waals surface area (Å²) in [7, 11) is 0. The number of benzene rings is 2. The number of hydrogen-bond acceptors (Lipinski definition) is 9. The average Bonchev–Trinajstić information content (AvgIpc) is 2.91. The number of aliphatic carboxylic acids is 1. The molecule has 5 rings (SSSR count). The van der Waals surface area contributed by atoms with Crippen LogP contribution in [-0.2, 0) is 14.4 Å². The number of allylic oxidation sites excluding steroid dienone is 4. The van der Waals surface area contributed by atoms with Crippen LogP contribution in [0.2, 0.25) is 0 Å². The number of carboxylic acids is 1. The van der Waals surface area contributed by atoms with Gasteiger partial charge in [-0.1, -0.05) is 27.7 Å². The summed E-state index contributed by atoms with van der Waals surface area (Å²) >= 11 is 7.01. The highest BCUT2D eigenvalue weighted by atomic mass is 79.9. The average molecular weight is 761 g/mol. The fourth-order valence-corrected chi connectivity index (χ4v) is 8.04. The molecule has 0 saturated carbocycles. The van der Waals surface area contributed by atoms with Crippen molar-refractivity contribution in [2.45, 2.75) is 65.7 Å². The van der Waals surface area contributed by atoms with E-state index >= 15 is 0 Å². The minimum atomic E-state index is -0.981. The number of rotatable bonds is 8. The maximum atomic E-state index is 14.0. The largest absolute Gasteiger partial charge is 0.481 e. The third kappa shape index (κ3) is 6.37. The lowest BCUT2D eigenvalue weighted by Gasteiger charge is -2.49. The lowest BCUT2D eigenvalue weighted by molar-refractivity contribution is -0.394. The second-order valence-electron chi connectivity index (χ2n) is 13.4. The van der Waals surface area contributed by atoms with Crippen molar-refractivity contribution in [2.75, 3.05) is 6.54 Å². The minimum Gasteiger partial charge on any atom is -0.481 e. The Bertz CT molecular complexity index is 1720. The first-order valence-corrected chi connectivity index (χ1v) is 16.1. The predicted molar refractivity (Wildman–Crippen MR) is 173 cm³/mol. The van der Waals surface area contributed by atoms with E-state index in [-0.39, 0.29) is 59.7 Å². The Labute approximate surface area is 281 Å². The van der Waals surface area contributed by atoms with Crippen molar-refractivity contribution in [3.8, 4) is 11.5 Å². The highest BCUT2D eigenvalue weighted by molar-refractivity contribution is 9.11. The molecular formula is C32H31Br2N3O9. The monoisotopic (exact) mass is 759 g/mol. The third-order valence-corrected chi connectivity index (χ3v) is 9.67. The number of ketones is 2. The highest BCUT2D eigenvalue weighted by Gasteiger charge is 2.49. The number of nitro benzene ring substituents is 2. The summed E-state index contributed by atoms with van der Waals surface area (Å²) in [6.45, 7) is 8.11. The van der Waals surface area contributed by atoms with Gasteiger partial charge in [-0.25, -0.2) is 0 Å². The molecule has 1 N–H and O–H groups in total. The molecule has 0 radical (unpaired) electrons. The van der Waals surface area contributed by atoms with Crippen LogP contribution in [0.3, 0.4) is 0 Å². The van der Waals surface area contributed by atoms with Crippen LogP contribution in [-0.4, -0.2) is 43.9 Å². The maximum absolute atomic E-state index is 14.0. The molecule has 0 fully saturated rings. The van der Waals surface area contributed by atoms with E-state index in [2.05, 4.69) is 31.9 Å². The van der Waals surface area contributed by atoms with Gasteiger partial charge in [0.2, 0.25) is 5.75 Å². The van der Waals surface area contributed by atoms with Crippen LogP contribution in [0, 0.1) is 31.1 Å². The van der Waals surface area contributed by atoms with Crippen molar-refractivity contribution in [3.05, 3.63) is 87.6 Å². The van der Waals surface area contributed by atoms with Gasteiger partial charge in [0.05, 0.1) is 31.3 Å². The second kappa shape index (κ2) is 12.0. The van der Waals surface area contributed by atoms with E-state index in [1.165, 1.54) is 0 Å². The van der Waals surface area contributed by atoms with Gasteiger partial charge in [0.25, 0.3) is 5.69 Å². The van der Waals surface area contributed by atoms with E-state index in [0.717, 1.165) is 29.6 Å². The van der Waals surface area contributed by atoms with Crippen LogP contribution < -0.4 is 4.74 Å². The summed E-state index contributed by atoms with van der Waals surface area (Å²) in [5.41, 5.74) is 1.17. The number of nitrogens with zero attached hydrogens (tertiary/aromatic N) is 3. The first-order valence-electron chi connectivity index (χ1n) is 14.5. The first-order chi connectivity index (χ1) is 21.4. The molecule has 1 heterocycles. The van der Waals surface area contributed by atoms with Crippen molar-refractivity contribution in [1.29, 1.82) is 0 Å². The molecule has 3 aliphatic rings. The molecule has 2 aliphatic carbocycles. The van der Waals surface area contributed by atoms with Crippen LogP contribution in [0.1, 0.15) is 71.3 Å². The summed E-state index contributed by atoms with van der Waals surface area (Å²) in [5, 5.41) is 32.5. The van der Waals surface area contributed by atoms with Crippen LogP contribution in [0.5, 0.6) is 11.5 Å². The van der Waals surface area contributed by atoms with Crippen LogP contribution >= 0.6 is 31.9 Å². The van der Waals surface area contributed by atoms with Gasteiger partial charge in [-0.3, -0.25) is 34.6 Å². The molecule has 46 heavy (non-hydrogen) atoms. The Morgan fingerprint density at radius 3 is 1.89 bits per heavy atom. The van der Waals surface area contributed by atoms with Gasteiger partial charge in [-0.05, 0) is 79.3 Å². The summed E-state index contributed by atoms with van der Waals surface area (Å²) in [6, 6.07) is 6.46. The molecule has 2 aromatic rings. The fraction of sp³-hybridized carbons (Fsp3) is 0.406. The molecule has 0 aromatic heterocycles. The molecule has 0 amide bonds.